The summed E-state index contributed by atoms with van der Waals surface area (Å²) < 4.78 is 19.5. The van der Waals surface area contributed by atoms with Gasteiger partial charge >= 0.3 is 0 Å². The van der Waals surface area contributed by atoms with Crippen LogP contribution in [0.4, 0.5) is 4.39 Å². The van der Waals surface area contributed by atoms with E-state index in [9.17, 15) is 9.18 Å². The Labute approximate surface area is 128 Å². The Balaban J connectivity index is 2.15. The number of methoxy groups -OCH3 is 1. The van der Waals surface area contributed by atoms with E-state index in [1.807, 2.05) is 6.07 Å². The molecule has 106 valence electrons. The summed E-state index contributed by atoms with van der Waals surface area (Å²) >= 11 is 3.10. The summed E-state index contributed by atoms with van der Waals surface area (Å²) in [7, 11) is 1.56. The Kier molecular flexibility index (Phi) is 3.51. The first-order valence-corrected chi connectivity index (χ1v) is 7.05. The zero-order valence-electron chi connectivity index (χ0n) is 11.1. The number of aromatic amines is 1. The number of halogens is 2. The van der Waals surface area contributed by atoms with E-state index in [1.54, 1.807) is 37.6 Å². The molecule has 2 aromatic carbocycles. The molecule has 0 fully saturated rings. The molecule has 5 heteroatoms. The highest BCUT2D eigenvalue weighted by molar-refractivity contribution is 9.10. The third-order valence-electron chi connectivity index (χ3n) is 3.33. The minimum Gasteiger partial charge on any atom is -0.497 e. The van der Waals surface area contributed by atoms with Crippen LogP contribution in [0.5, 0.6) is 5.75 Å². The minimum absolute atomic E-state index is 0.0353. The fourth-order valence-corrected chi connectivity index (χ4v) is 2.61. The Bertz CT molecular complexity index is 841. The van der Waals surface area contributed by atoms with Gasteiger partial charge in [0.1, 0.15) is 11.6 Å². The van der Waals surface area contributed by atoms with E-state index in [0.717, 1.165) is 5.52 Å². The molecular weight excluding hydrogens is 337 g/mol. The molecule has 0 saturated carbocycles. The number of nitrogens with one attached hydrogen (secondary N) is 1. The lowest BCUT2D eigenvalue weighted by molar-refractivity contribution is 0.103. The number of fused-ring (bicyclic) bond motifs is 1. The largest absolute Gasteiger partial charge is 0.497 e. The van der Waals surface area contributed by atoms with Gasteiger partial charge in [-0.15, -0.1) is 0 Å². The van der Waals surface area contributed by atoms with E-state index in [4.69, 9.17) is 4.74 Å². The molecule has 0 atom stereocenters. The van der Waals surface area contributed by atoms with Crippen LogP contribution in [0.3, 0.4) is 0 Å². The SMILES string of the molecule is COc1ccc2[nH]cc(C(=O)c3cccc(Br)c3F)c2c1. The second-order valence-electron chi connectivity index (χ2n) is 4.54. The summed E-state index contributed by atoms with van der Waals surface area (Å²) in [6, 6.07) is 10.0. The molecule has 0 bridgehead atoms. The molecule has 0 spiro atoms. The molecule has 21 heavy (non-hydrogen) atoms. The Hall–Kier alpha value is -2.14. The molecule has 0 saturated heterocycles. The first-order chi connectivity index (χ1) is 10.1. The molecule has 0 amide bonds. The van der Waals surface area contributed by atoms with Gasteiger partial charge in [-0.2, -0.15) is 0 Å². The fraction of sp³-hybridized carbons (Fsp3) is 0.0625. The Morgan fingerprint density at radius 2 is 2.05 bits per heavy atom. The third-order valence-corrected chi connectivity index (χ3v) is 3.94. The quantitative estimate of drug-likeness (QED) is 0.717. The number of hydrogen-bond donors (Lipinski definition) is 1. The fourth-order valence-electron chi connectivity index (χ4n) is 2.24. The number of carbonyl (C=O) groups excluding carboxylic acids is 1. The molecule has 1 heterocycles. The van der Waals surface area contributed by atoms with Gasteiger partial charge in [0.15, 0.2) is 5.78 Å². The number of hydrogen-bond acceptors (Lipinski definition) is 2. The summed E-state index contributed by atoms with van der Waals surface area (Å²) in [5.41, 5.74) is 1.25. The van der Waals surface area contributed by atoms with Gasteiger partial charge in [0, 0.05) is 22.7 Å². The molecule has 3 aromatic rings. The Morgan fingerprint density at radius 3 is 2.81 bits per heavy atom. The van der Waals surface area contributed by atoms with Gasteiger partial charge < -0.3 is 9.72 Å². The lowest BCUT2D eigenvalue weighted by atomic mass is 10.0. The highest BCUT2D eigenvalue weighted by atomic mass is 79.9. The van der Waals surface area contributed by atoms with Crippen molar-refractivity contribution in [3.05, 3.63) is 64.0 Å². The van der Waals surface area contributed by atoms with Crippen LogP contribution in [-0.2, 0) is 0 Å². The zero-order valence-corrected chi connectivity index (χ0v) is 12.7. The number of ether oxygens (including phenoxy) is 1. The summed E-state index contributed by atoms with van der Waals surface area (Å²) in [6.07, 6.45) is 1.59. The van der Waals surface area contributed by atoms with Gasteiger partial charge in [-0.3, -0.25) is 4.79 Å². The summed E-state index contributed by atoms with van der Waals surface area (Å²) in [5, 5.41) is 0.707. The second kappa shape index (κ2) is 5.33. The van der Waals surface area contributed by atoms with Crippen molar-refractivity contribution in [2.45, 2.75) is 0 Å². The maximum atomic E-state index is 14.1. The van der Waals surface area contributed by atoms with Crippen molar-refractivity contribution in [1.82, 2.24) is 4.98 Å². The van der Waals surface area contributed by atoms with Crippen molar-refractivity contribution in [3.8, 4) is 5.75 Å². The lowest BCUT2D eigenvalue weighted by Crippen LogP contribution is -2.04. The van der Waals surface area contributed by atoms with E-state index >= 15 is 0 Å². The van der Waals surface area contributed by atoms with E-state index in [-0.39, 0.29) is 15.8 Å². The van der Waals surface area contributed by atoms with E-state index in [1.165, 1.54) is 6.07 Å². The van der Waals surface area contributed by atoms with Crippen molar-refractivity contribution in [2.24, 2.45) is 0 Å². The van der Waals surface area contributed by atoms with Gasteiger partial charge in [-0.25, -0.2) is 4.39 Å². The number of benzene rings is 2. The first kappa shape index (κ1) is 13.8. The van der Waals surface area contributed by atoms with Gasteiger partial charge in [0.2, 0.25) is 0 Å². The zero-order chi connectivity index (χ0) is 15.0. The number of aromatic nitrogens is 1. The standard InChI is InChI=1S/C16H11BrFNO2/c1-21-9-5-6-14-11(7-9)12(8-19-14)16(20)10-3-2-4-13(17)15(10)18/h2-8,19H,1H3. The summed E-state index contributed by atoms with van der Waals surface area (Å²) in [5.74, 6) is -0.279. The maximum absolute atomic E-state index is 14.1. The van der Waals surface area contributed by atoms with Crippen LogP contribution in [0.1, 0.15) is 15.9 Å². The molecule has 0 radical (unpaired) electrons. The number of ketones is 1. The number of rotatable bonds is 3. The van der Waals surface area contributed by atoms with Crippen LogP contribution in [0, 0.1) is 5.82 Å². The molecule has 1 N–H and O–H groups in total. The average molecular weight is 348 g/mol. The predicted octanol–water partition coefficient (Wildman–Crippen LogP) is 4.31. The summed E-state index contributed by atoms with van der Waals surface area (Å²) in [4.78, 5) is 15.6. The van der Waals surface area contributed by atoms with Crippen molar-refractivity contribution < 1.29 is 13.9 Å². The molecule has 3 rings (SSSR count). The average Bonchev–Trinajstić information content (AvgIpc) is 2.92. The monoisotopic (exact) mass is 347 g/mol. The molecule has 0 aliphatic heterocycles. The van der Waals surface area contributed by atoms with Crippen LogP contribution in [-0.4, -0.2) is 17.9 Å². The lowest BCUT2D eigenvalue weighted by Gasteiger charge is -2.04. The number of H-pyrrole nitrogens is 1. The van der Waals surface area contributed by atoms with Crippen LogP contribution in [0.2, 0.25) is 0 Å². The van der Waals surface area contributed by atoms with Gasteiger partial charge in [-0.05, 0) is 46.3 Å². The van der Waals surface area contributed by atoms with Crippen LogP contribution >= 0.6 is 15.9 Å². The van der Waals surface area contributed by atoms with E-state index < -0.39 is 5.82 Å². The van der Waals surface area contributed by atoms with Gasteiger partial charge in [-0.1, -0.05) is 6.07 Å². The molecule has 0 aliphatic carbocycles. The first-order valence-electron chi connectivity index (χ1n) is 6.25. The molecular formula is C16H11BrFNO2. The van der Waals surface area contributed by atoms with Gasteiger partial charge in [0.05, 0.1) is 17.1 Å². The minimum atomic E-state index is -0.556. The molecule has 0 unspecified atom stereocenters. The van der Waals surface area contributed by atoms with E-state index in [2.05, 4.69) is 20.9 Å². The Morgan fingerprint density at radius 1 is 1.24 bits per heavy atom. The smallest absolute Gasteiger partial charge is 0.198 e. The maximum Gasteiger partial charge on any atom is 0.198 e. The second-order valence-corrected chi connectivity index (χ2v) is 5.40. The topological polar surface area (TPSA) is 42.1 Å². The van der Waals surface area contributed by atoms with Crippen molar-refractivity contribution >= 4 is 32.6 Å². The summed E-state index contributed by atoms with van der Waals surface area (Å²) in [6.45, 7) is 0. The molecule has 0 aliphatic rings. The number of carbonyl (C=O) groups is 1. The van der Waals surface area contributed by atoms with Crippen molar-refractivity contribution in [3.63, 3.8) is 0 Å². The molecule has 1 aromatic heterocycles. The highest BCUT2D eigenvalue weighted by Gasteiger charge is 2.19. The highest BCUT2D eigenvalue weighted by Crippen LogP contribution is 2.27. The normalized spacial score (nSPS) is 10.8. The van der Waals surface area contributed by atoms with Crippen LogP contribution in [0.25, 0.3) is 10.9 Å². The third kappa shape index (κ3) is 2.34. The van der Waals surface area contributed by atoms with E-state index in [0.29, 0.717) is 16.7 Å². The molecule has 3 nitrogen and oxygen atoms in total. The van der Waals surface area contributed by atoms with Crippen LogP contribution in [0.15, 0.2) is 47.1 Å². The van der Waals surface area contributed by atoms with Gasteiger partial charge in [0.25, 0.3) is 0 Å². The predicted molar refractivity (Wildman–Crippen MR) is 82.4 cm³/mol. The van der Waals surface area contributed by atoms with Crippen molar-refractivity contribution in [1.29, 1.82) is 0 Å². The van der Waals surface area contributed by atoms with Crippen molar-refractivity contribution in [2.75, 3.05) is 7.11 Å². The van der Waals surface area contributed by atoms with Crippen LogP contribution < -0.4 is 4.74 Å².